The van der Waals surface area contributed by atoms with E-state index in [1.54, 1.807) is 0 Å². The Hall–Kier alpha value is -1.26. The minimum Gasteiger partial charge on any atom is -0.342 e. The molecule has 0 aromatic heterocycles. The van der Waals surface area contributed by atoms with Gasteiger partial charge in [0.1, 0.15) is 0 Å². The standard InChI is InChI=1S/C16H27N3O2/c20-15(18-9-3-1-2-4-10-18)13-7-11-19(12-8-13)16(21)17-14-5-6-14/h13-14H,1-12H2,(H,17,21). The highest BCUT2D eigenvalue weighted by Gasteiger charge is 2.32. The molecule has 3 amide bonds. The lowest BCUT2D eigenvalue weighted by atomic mass is 9.95. The van der Waals surface area contributed by atoms with Crippen LogP contribution < -0.4 is 5.32 Å². The molecule has 1 saturated carbocycles. The van der Waals surface area contributed by atoms with E-state index < -0.39 is 0 Å². The minimum absolute atomic E-state index is 0.0678. The average molecular weight is 293 g/mol. The number of urea groups is 1. The van der Waals surface area contributed by atoms with Gasteiger partial charge in [0.15, 0.2) is 0 Å². The van der Waals surface area contributed by atoms with Crippen LogP contribution in [0.4, 0.5) is 4.79 Å². The summed E-state index contributed by atoms with van der Waals surface area (Å²) >= 11 is 0. The van der Waals surface area contributed by atoms with Crippen LogP contribution in [0.25, 0.3) is 0 Å². The van der Waals surface area contributed by atoms with Gasteiger partial charge >= 0.3 is 6.03 Å². The number of carbonyl (C=O) groups excluding carboxylic acids is 2. The molecular weight excluding hydrogens is 266 g/mol. The second-order valence-corrected chi connectivity index (χ2v) is 6.72. The first-order valence-electron chi connectivity index (χ1n) is 8.58. The molecule has 5 nitrogen and oxygen atoms in total. The molecule has 0 aromatic carbocycles. The molecule has 0 atom stereocenters. The Morgan fingerprint density at radius 1 is 0.762 bits per heavy atom. The van der Waals surface area contributed by atoms with Crippen LogP contribution in [0.15, 0.2) is 0 Å². The topological polar surface area (TPSA) is 52.7 Å². The van der Waals surface area contributed by atoms with Crippen LogP contribution in [-0.2, 0) is 4.79 Å². The van der Waals surface area contributed by atoms with Crippen molar-refractivity contribution in [2.75, 3.05) is 26.2 Å². The van der Waals surface area contributed by atoms with Crippen molar-refractivity contribution in [1.29, 1.82) is 0 Å². The largest absolute Gasteiger partial charge is 0.342 e. The Kier molecular flexibility index (Phi) is 4.66. The van der Waals surface area contributed by atoms with E-state index in [0.717, 1.165) is 64.7 Å². The molecule has 5 heteroatoms. The maximum absolute atomic E-state index is 12.6. The quantitative estimate of drug-likeness (QED) is 0.846. The first kappa shape index (κ1) is 14.7. The summed E-state index contributed by atoms with van der Waals surface area (Å²) in [6.45, 7) is 3.31. The molecule has 1 N–H and O–H groups in total. The van der Waals surface area contributed by atoms with Crippen molar-refractivity contribution in [2.45, 2.75) is 57.4 Å². The highest BCUT2D eigenvalue weighted by Crippen LogP contribution is 2.23. The molecule has 2 heterocycles. The maximum atomic E-state index is 12.6. The van der Waals surface area contributed by atoms with E-state index in [0.29, 0.717) is 11.9 Å². The molecule has 0 aromatic rings. The van der Waals surface area contributed by atoms with Gasteiger partial charge in [-0.1, -0.05) is 12.8 Å². The normalized spacial score (nSPS) is 24.6. The van der Waals surface area contributed by atoms with E-state index in [-0.39, 0.29) is 11.9 Å². The van der Waals surface area contributed by atoms with Gasteiger partial charge in [-0.3, -0.25) is 4.79 Å². The van der Waals surface area contributed by atoms with Gasteiger partial charge in [-0.05, 0) is 38.5 Å². The molecule has 0 unspecified atom stereocenters. The van der Waals surface area contributed by atoms with Gasteiger partial charge in [0.2, 0.25) is 5.91 Å². The van der Waals surface area contributed by atoms with Gasteiger partial charge in [-0.25, -0.2) is 4.79 Å². The Morgan fingerprint density at radius 2 is 1.38 bits per heavy atom. The summed E-state index contributed by atoms with van der Waals surface area (Å²) in [6, 6.07) is 0.479. The van der Waals surface area contributed by atoms with Crippen LogP contribution in [-0.4, -0.2) is 54.0 Å². The smallest absolute Gasteiger partial charge is 0.317 e. The monoisotopic (exact) mass is 293 g/mol. The van der Waals surface area contributed by atoms with E-state index in [1.807, 2.05) is 4.90 Å². The molecule has 0 spiro atoms. The molecule has 21 heavy (non-hydrogen) atoms. The fourth-order valence-corrected chi connectivity index (χ4v) is 3.37. The fraction of sp³-hybridized carbons (Fsp3) is 0.875. The predicted octanol–water partition coefficient (Wildman–Crippen LogP) is 1.97. The lowest BCUT2D eigenvalue weighted by molar-refractivity contribution is -0.136. The zero-order chi connectivity index (χ0) is 14.7. The van der Waals surface area contributed by atoms with Crippen molar-refractivity contribution < 1.29 is 9.59 Å². The van der Waals surface area contributed by atoms with Gasteiger partial charge < -0.3 is 15.1 Å². The van der Waals surface area contributed by atoms with Crippen LogP contribution in [0.3, 0.4) is 0 Å². The Balaban J connectivity index is 1.45. The van der Waals surface area contributed by atoms with Crippen molar-refractivity contribution in [1.82, 2.24) is 15.1 Å². The third kappa shape index (κ3) is 3.89. The van der Waals surface area contributed by atoms with Crippen LogP contribution in [0.1, 0.15) is 51.4 Å². The third-order valence-corrected chi connectivity index (χ3v) is 4.95. The first-order chi connectivity index (χ1) is 10.2. The van der Waals surface area contributed by atoms with Gasteiger partial charge in [0, 0.05) is 38.1 Å². The molecular formula is C16H27N3O2. The number of piperidine rings is 1. The zero-order valence-corrected chi connectivity index (χ0v) is 12.9. The molecule has 0 bridgehead atoms. The number of hydrogen-bond acceptors (Lipinski definition) is 2. The first-order valence-corrected chi connectivity index (χ1v) is 8.58. The summed E-state index contributed by atoms with van der Waals surface area (Å²) in [5.74, 6) is 0.465. The lowest BCUT2D eigenvalue weighted by Crippen LogP contribution is -2.48. The van der Waals surface area contributed by atoms with Crippen molar-refractivity contribution in [2.24, 2.45) is 5.92 Å². The molecule has 3 aliphatic rings. The zero-order valence-electron chi connectivity index (χ0n) is 12.9. The van der Waals surface area contributed by atoms with E-state index in [9.17, 15) is 9.59 Å². The van der Waals surface area contributed by atoms with E-state index >= 15 is 0 Å². The molecule has 3 fully saturated rings. The lowest BCUT2D eigenvalue weighted by Gasteiger charge is -2.34. The van der Waals surface area contributed by atoms with Crippen LogP contribution in [0.2, 0.25) is 0 Å². The number of likely N-dealkylation sites (tertiary alicyclic amines) is 2. The van der Waals surface area contributed by atoms with E-state index in [4.69, 9.17) is 0 Å². The number of nitrogens with one attached hydrogen (secondary N) is 1. The summed E-state index contributed by atoms with van der Waals surface area (Å²) in [6.07, 6.45) is 8.70. The molecule has 1 aliphatic carbocycles. The number of rotatable bonds is 2. The van der Waals surface area contributed by atoms with Gasteiger partial charge in [0.05, 0.1) is 0 Å². The van der Waals surface area contributed by atoms with Crippen molar-refractivity contribution in [3.63, 3.8) is 0 Å². The fourth-order valence-electron chi connectivity index (χ4n) is 3.37. The average Bonchev–Trinajstić information content (AvgIpc) is 3.33. The Morgan fingerprint density at radius 3 is 1.95 bits per heavy atom. The summed E-state index contributed by atoms with van der Waals surface area (Å²) in [7, 11) is 0. The summed E-state index contributed by atoms with van der Waals surface area (Å²) in [4.78, 5) is 28.5. The summed E-state index contributed by atoms with van der Waals surface area (Å²) in [5.41, 5.74) is 0. The third-order valence-electron chi connectivity index (χ3n) is 4.95. The predicted molar refractivity (Wildman–Crippen MR) is 80.9 cm³/mol. The summed E-state index contributed by atoms with van der Waals surface area (Å²) < 4.78 is 0. The van der Waals surface area contributed by atoms with Crippen LogP contribution >= 0.6 is 0 Å². The number of hydrogen-bond donors (Lipinski definition) is 1. The second-order valence-electron chi connectivity index (χ2n) is 6.72. The van der Waals surface area contributed by atoms with Crippen LogP contribution in [0, 0.1) is 5.92 Å². The van der Waals surface area contributed by atoms with Gasteiger partial charge in [-0.2, -0.15) is 0 Å². The minimum atomic E-state index is 0.0678. The van der Waals surface area contributed by atoms with Gasteiger partial charge in [-0.15, -0.1) is 0 Å². The molecule has 0 radical (unpaired) electrons. The number of nitrogens with zero attached hydrogens (tertiary/aromatic N) is 2. The highest BCUT2D eigenvalue weighted by molar-refractivity contribution is 5.80. The van der Waals surface area contributed by atoms with Crippen molar-refractivity contribution >= 4 is 11.9 Å². The molecule has 2 saturated heterocycles. The van der Waals surface area contributed by atoms with Crippen LogP contribution in [0.5, 0.6) is 0 Å². The molecule has 118 valence electrons. The molecule has 2 aliphatic heterocycles. The van der Waals surface area contributed by atoms with E-state index in [1.165, 1.54) is 12.8 Å². The number of amides is 3. The second kappa shape index (κ2) is 6.67. The Labute approximate surface area is 127 Å². The van der Waals surface area contributed by atoms with Crippen molar-refractivity contribution in [3.8, 4) is 0 Å². The SMILES string of the molecule is O=C(NC1CC1)N1CCC(C(=O)N2CCCCCC2)CC1. The van der Waals surface area contributed by atoms with Crippen molar-refractivity contribution in [3.05, 3.63) is 0 Å². The number of carbonyl (C=O) groups is 2. The Bertz CT molecular complexity index is 379. The van der Waals surface area contributed by atoms with E-state index in [2.05, 4.69) is 10.2 Å². The maximum Gasteiger partial charge on any atom is 0.317 e. The van der Waals surface area contributed by atoms with Gasteiger partial charge in [0.25, 0.3) is 0 Å². The highest BCUT2D eigenvalue weighted by atomic mass is 16.2. The summed E-state index contributed by atoms with van der Waals surface area (Å²) in [5, 5.41) is 3.03. The molecule has 3 rings (SSSR count).